The minimum atomic E-state index is -1.09. The quantitative estimate of drug-likeness (QED) is 0.458. The van der Waals surface area contributed by atoms with E-state index in [9.17, 15) is 18.7 Å². The van der Waals surface area contributed by atoms with Crippen LogP contribution < -0.4 is 14.8 Å². The van der Waals surface area contributed by atoms with E-state index in [0.717, 1.165) is 56.6 Å². The molecule has 2 aromatic carbocycles. The molecule has 0 bridgehead atoms. The third kappa shape index (κ3) is 6.80. The Bertz CT molecular complexity index is 958. The van der Waals surface area contributed by atoms with Crippen molar-refractivity contribution in [3.63, 3.8) is 0 Å². The van der Waals surface area contributed by atoms with Crippen LogP contribution in [0.1, 0.15) is 30.1 Å². The van der Waals surface area contributed by atoms with Gasteiger partial charge in [-0.3, -0.25) is 10.0 Å². The molecule has 0 spiro atoms. The van der Waals surface area contributed by atoms with Crippen molar-refractivity contribution >= 4 is 23.6 Å². The fourth-order valence-electron chi connectivity index (χ4n) is 3.58. The zero-order chi connectivity index (χ0) is 23.8. The molecule has 0 aliphatic carbocycles. The molecule has 3 rings (SSSR count). The predicted molar refractivity (Wildman–Crippen MR) is 124 cm³/mol. The molecule has 0 unspecified atom stereocenters. The van der Waals surface area contributed by atoms with Crippen molar-refractivity contribution < 1.29 is 28.2 Å². The fourth-order valence-corrected chi connectivity index (χ4v) is 4.03. The van der Waals surface area contributed by atoms with Crippen LogP contribution in [0.3, 0.4) is 0 Å². The third-order valence-electron chi connectivity index (χ3n) is 5.43. The lowest BCUT2D eigenvalue weighted by molar-refractivity contribution is 0.0391. The lowest BCUT2D eigenvalue weighted by atomic mass is 10.1. The summed E-state index contributed by atoms with van der Waals surface area (Å²) in [6, 6.07) is 6.23. The van der Waals surface area contributed by atoms with E-state index in [-0.39, 0.29) is 11.3 Å². The highest BCUT2D eigenvalue weighted by atomic mass is 32.2. The first-order valence-corrected chi connectivity index (χ1v) is 11.8. The Morgan fingerprint density at radius 1 is 1.21 bits per heavy atom. The number of hydrogen-bond donors (Lipinski definition) is 2. The minimum absolute atomic E-state index is 0.0726. The van der Waals surface area contributed by atoms with E-state index in [1.54, 1.807) is 6.07 Å². The molecule has 7 nitrogen and oxygen atoms in total. The molecule has 3 N–H and O–H groups in total. The van der Waals surface area contributed by atoms with Gasteiger partial charge in [0, 0.05) is 38.8 Å². The summed E-state index contributed by atoms with van der Waals surface area (Å²) in [6.45, 7) is 7.17. The highest BCUT2D eigenvalue weighted by Crippen LogP contribution is 2.41. The summed E-state index contributed by atoms with van der Waals surface area (Å²) < 4.78 is 38.6. The van der Waals surface area contributed by atoms with Gasteiger partial charge in [-0.15, -0.1) is 0 Å². The molecule has 1 heterocycles. The number of ether oxygens (including phenoxy) is 2. The van der Waals surface area contributed by atoms with E-state index in [2.05, 4.69) is 16.7 Å². The van der Waals surface area contributed by atoms with Gasteiger partial charge in [0.05, 0.1) is 29.4 Å². The average Bonchev–Trinajstić information content (AvgIpc) is 2.82. The highest BCUT2D eigenvalue weighted by molar-refractivity contribution is 7.97. The maximum atomic E-state index is 13.8. The van der Waals surface area contributed by atoms with Crippen molar-refractivity contribution in [2.45, 2.75) is 24.7 Å². The number of unbranched alkanes of at least 4 members (excludes halogenated alkanes) is 1. The number of anilines is 1. The number of rotatable bonds is 11. The molecule has 0 aromatic heterocycles. The van der Waals surface area contributed by atoms with E-state index in [1.165, 1.54) is 12.1 Å². The standard InChI is InChI=1S/C23H29F2N3O4S/c1-2-3-6-28(8-7-27-9-11-31-12-10-27)20-13-16(23(29)30)14-21(33-26)22(20)32-17-4-5-18(24)19(25)15-17/h4-5,13-15H,2-3,6-12,26H2,1H3,(H,29,30). The highest BCUT2D eigenvalue weighted by Gasteiger charge is 2.22. The molecule has 10 heteroatoms. The van der Waals surface area contributed by atoms with E-state index in [0.29, 0.717) is 42.6 Å². The molecular formula is C23H29F2N3O4S. The molecule has 0 amide bonds. The van der Waals surface area contributed by atoms with E-state index in [4.69, 9.17) is 14.6 Å². The molecule has 1 fully saturated rings. The van der Waals surface area contributed by atoms with Gasteiger partial charge in [0.2, 0.25) is 0 Å². The largest absolute Gasteiger partial charge is 0.478 e. The first-order chi connectivity index (χ1) is 15.9. The smallest absolute Gasteiger partial charge is 0.335 e. The van der Waals surface area contributed by atoms with Crippen LogP contribution in [0.15, 0.2) is 35.2 Å². The van der Waals surface area contributed by atoms with Crippen LogP contribution in [0.4, 0.5) is 14.5 Å². The van der Waals surface area contributed by atoms with Crippen LogP contribution in [0.2, 0.25) is 0 Å². The number of nitrogens with zero attached hydrogens (tertiary/aromatic N) is 2. The van der Waals surface area contributed by atoms with Gasteiger partial charge in [0.1, 0.15) is 5.75 Å². The summed E-state index contributed by atoms with van der Waals surface area (Å²) in [5, 5.41) is 15.5. The van der Waals surface area contributed by atoms with E-state index >= 15 is 0 Å². The minimum Gasteiger partial charge on any atom is -0.478 e. The first-order valence-electron chi connectivity index (χ1n) is 10.9. The Labute approximate surface area is 196 Å². The van der Waals surface area contributed by atoms with Gasteiger partial charge in [0.15, 0.2) is 17.4 Å². The number of halogens is 2. The van der Waals surface area contributed by atoms with E-state index < -0.39 is 17.6 Å². The zero-order valence-corrected chi connectivity index (χ0v) is 19.4. The Morgan fingerprint density at radius 2 is 1.97 bits per heavy atom. The molecule has 1 aliphatic heterocycles. The second kappa shape index (κ2) is 12.2. The van der Waals surface area contributed by atoms with E-state index in [1.807, 2.05) is 0 Å². The van der Waals surface area contributed by atoms with Crippen LogP contribution in [0, 0.1) is 11.6 Å². The summed E-state index contributed by atoms with van der Waals surface area (Å²) in [5.41, 5.74) is 0.623. The van der Waals surface area contributed by atoms with Crippen molar-refractivity contribution in [2.24, 2.45) is 5.14 Å². The molecule has 0 atom stereocenters. The summed E-state index contributed by atoms with van der Waals surface area (Å²) in [5.74, 6) is -2.69. The van der Waals surface area contributed by atoms with Gasteiger partial charge in [-0.1, -0.05) is 13.3 Å². The van der Waals surface area contributed by atoms with Crippen LogP contribution in [0.5, 0.6) is 11.5 Å². The lowest BCUT2D eigenvalue weighted by Gasteiger charge is -2.32. The number of carboxylic acid groups (broad SMARTS) is 1. The molecule has 33 heavy (non-hydrogen) atoms. The van der Waals surface area contributed by atoms with Crippen molar-refractivity contribution in [1.82, 2.24) is 4.90 Å². The number of carboxylic acids is 1. The maximum Gasteiger partial charge on any atom is 0.335 e. The van der Waals surface area contributed by atoms with Crippen molar-refractivity contribution in [2.75, 3.05) is 50.8 Å². The topological polar surface area (TPSA) is 88.3 Å². The predicted octanol–water partition coefficient (Wildman–Crippen LogP) is 4.36. The molecule has 1 aliphatic rings. The molecule has 0 radical (unpaired) electrons. The first kappa shape index (κ1) is 25.2. The Kier molecular flexibility index (Phi) is 9.30. The summed E-state index contributed by atoms with van der Waals surface area (Å²) in [4.78, 5) is 16.5. The van der Waals surface area contributed by atoms with Crippen LogP contribution in [-0.4, -0.2) is 61.9 Å². The van der Waals surface area contributed by atoms with Gasteiger partial charge >= 0.3 is 5.97 Å². The lowest BCUT2D eigenvalue weighted by Crippen LogP contribution is -2.41. The fraction of sp³-hybridized carbons (Fsp3) is 0.435. The number of aromatic carboxylic acids is 1. The molecule has 1 saturated heterocycles. The van der Waals surface area contributed by atoms with Gasteiger partial charge in [0.25, 0.3) is 0 Å². The summed E-state index contributed by atoms with van der Waals surface area (Å²) in [7, 11) is 0. The Hall–Kier alpha value is -2.40. The SMILES string of the molecule is CCCCN(CCN1CCOCC1)c1cc(C(=O)O)cc(SN)c1Oc1ccc(F)c(F)c1. The van der Waals surface area contributed by atoms with Gasteiger partial charge in [-0.25, -0.2) is 13.6 Å². The van der Waals surface area contributed by atoms with Crippen molar-refractivity contribution in [3.05, 3.63) is 47.5 Å². The van der Waals surface area contributed by atoms with Crippen LogP contribution in [0.25, 0.3) is 0 Å². The van der Waals surface area contributed by atoms with Crippen molar-refractivity contribution in [1.29, 1.82) is 0 Å². The monoisotopic (exact) mass is 481 g/mol. The summed E-state index contributed by atoms with van der Waals surface area (Å²) >= 11 is 0.845. The Balaban J connectivity index is 1.99. The molecule has 0 saturated carbocycles. The van der Waals surface area contributed by atoms with Gasteiger partial charge < -0.3 is 19.5 Å². The Morgan fingerprint density at radius 3 is 2.61 bits per heavy atom. The number of nitrogens with two attached hydrogens (primary N) is 1. The number of morpholine rings is 1. The van der Waals surface area contributed by atoms with Crippen molar-refractivity contribution in [3.8, 4) is 11.5 Å². The maximum absolute atomic E-state index is 13.8. The molecule has 180 valence electrons. The van der Waals surface area contributed by atoms with Gasteiger partial charge in [-0.05, 0) is 42.6 Å². The van der Waals surface area contributed by atoms with Gasteiger partial charge in [-0.2, -0.15) is 0 Å². The zero-order valence-electron chi connectivity index (χ0n) is 18.6. The molecular weight excluding hydrogens is 452 g/mol. The molecule has 2 aromatic rings. The number of carbonyl (C=O) groups is 1. The number of benzene rings is 2. The third-order valence-corrected chi connectivity index (χ3v) is 5.99. The van der Waals surface area contributed by atoms with Crippen LogP contribution >= 0.6 is 11.9 Å². The average molecular weight is 482 g/mol. The number of hydrogen-bond acceptors (Lipinski definition) is 7. The van der Waals surface area contributed by atoms with Crippen LogP contribution in [-0.2, 0) is 4.74 Å². The summed E-state index contributed by atoms with van der Waals surface area (Å²) in [6.07, 6.45) is 1.83. The second-order valence-corrected chi connectivity index (χ2v) is 8.39. The second-order valence-electron chi connectivity index (χ2n) is 7.72. The normalized spacial score (nSPS) is 14.3.